The van der Waals surface area contributed by atoms with Crippen molar-refractivity contribution in [3.8, 4) is 0 Å². The van der Waals surface area contributed by atoms with Crippen LogP contribution in [0.5, 0.6) is 0 Å². The maximum atomic E-state index is 4.31. The number of hydrogen-bond acceptors (Lipinski definition) is 2. The molecule has 0 radical (unpaired) electrons. The molecule has 2 heteroatoms. The highest BCUT2D eigenvalue weighted by Crippen LogP contribution is 2.23. The Kier molecular flexibility index (Phi) is 2.60. The van der Waals surface area contributed by atoms with Crippen LogP contribution in [0.2, 0.25) is 0 Å². The van der Waals surface area contributed by atoms with Gasteiger partial charge in [0.05, 0.1) is 0 Å². The Morgan fingerprint density at radius 1 is 1.46 bits per heavy atom. The Morgan fingerprint density at radius 2 is 2.38 bits per heavy atom. The van der Waals surface area contributed by atoms with Gasteiger partial charge in [-0.1, -0.05) is 12.5 Å². The summed E-state index contributed by atoms with van der Waals surface area (Å²) in [5, 5.41) is 3.54. The molecule has 0 saturated carbocycles. The Labute approximate surface area is 79.4 Å². The predicted molar refractivity (Wildman–Crippen MR) is 53.6 cm³/mol. The molecular formula is C11H16N2. The van der Waals surface area contributed by atoms with Crippen molar-refractivity contribution >= 4 is 0 Å². The SMILES string of the molecule is Cc1ncccc1[C@@H]1CCCCN1. The van der Waals surface area contributed by atoms with E-state index >= 15 is 0 Å². The van der Waals surface area contributed by atoms with Crippen molar-refractivity contribution in [2.45, 2.75) is 32.2 Å². The van der Waals surface area contributed by atoms with E-state index in [0.717, 1.165) is 6.54 Å². The van der Waals surface area contributed by atoms with E-state index in [-0.39, 0.29) is 0 Å². The standard InChI is InChI=1S/C11H16N2/c1-9-10(5-4-8-12-9)11-6-2-3-7-13-11/h4-5,8,11,13H,2-3,6-7H2,1H3/t11-/m0/s1. The molecule has 1 aromatic heterocycles. The van der Waals surface area contributed by atoms with Crippen LogP contribution in [0, 0.1) is 6.92 Å². The lowest BCUT2D eigenvalue weighted by Gasteiger charge is -2.24. The van der Waals surface area contributed by atoms with Gasteiger partial charge in [-0.05, 0) is 37.9 Å². The lowest BCUT2D eigenvalue weighted by atomic mass is 9.97. The highest BCUT2D eigenvalue weighted by atomic mass is 14.9. The average Bonchev–Trinajstić information content (AvgIpc) is 2.20. The van der Waals surface area contributed by atoms with Gasteiger partial charge in [0.15, 0.2) is 0 Å². The lowest BCUT2D eigenvalue weighted by molar-refractivity contribution is 0.410. The second-order valence-electron chi connectivity index (χ2n) is 3.68. The number of nitrogens with zero attached hydrogens (tertiary/aromatic N) is 1. The minimum Gasteiger partial charge on any atom is -0.310 e. The molecule has 2 rings (SSSR count). The van der Waals surface area contributed by atoms with E-state index in [2.05, 4.69) is 23.3 Å². The van der Waals surface area contributed by atoms with Crippen LogP contribution in [0.15, 0.2) is 18.3 Å². The third-order valence-electron chi connectivity index (χ3n) is 2.73. The van der Waals surface area contributed by atoms with Gasteiger partial charge >= 0.3 is 0 Å². The lowest BCUT2D eigenvalue weighted by Crippen LogP contribution is -2.27. The van der Waals surface area contributed by atoms with Crippen LogP contribution in [-0.4, -0.2) is 11.5 Å². The molecule has 1 aromatic rings. The molecule has 0 spiro atoms. The number of nitrogens with one attached hydrogen (secondary N) is 1. The van der Waals surface area contributed by atoms with E-state index in [1.165, 1.54) is 30.5 Å². The molecular weight excluding hydrogens is 160 g/mol. The number of aromatic nitrogens is 1. The predicted octanol–water partition coefficient (Wildman–Crippen LogP) is 2.20. The topological polar surface area (TPSA) is 24.9 Å². The molecule has 0 bridgehead atoms. The van der Waals surface area contributed by atoms with Gasteiger partial charge in [0.25, 0.3) is 0 Å². The van der Waals surface area contributed by atoms with Crippen molar-refractivity contribution < 1.29 is 0 Å². The van der Waals surface area contributed by atoms with Crippen molar-refractivity contribution in [2.24, 2.45) is 0 Å². The van der Waals surface area contributed by atoms with Gasteiger partial charge in [-0.15, -0.1) is 0 Å². The molecule has 0 amide bonds. The number of hydrogen-bond donors (Lipinski definition) is 1. The quantitative estimate of drug-likeness (QED) is 0.709. The summed E-state index contributed by atoms with van der Waals surface area (Å²) in [5.74, 6) is 0. The Hall–Kier alpha value is -0.890. The van der Waals surface area contributed by atoms with Crippen molar-refractivity contribution in [1.29, 1.82) is 0 Å². The van der Waals surface area contributed by atoms with Gasteiger partial charge in [-0.3, -0.25) is 4.98 Å². The first-order valence-electron chi connectivity index (χ1n) is 5.03. The maximum Gasteiger partial charge on any atom is 0.0420 e. The second-order valence-corrected chi connectivity index (χ2v) is 3.68. The molecule has 1 aliphatic heterocycles. The summed E-state index contributed by atoms with van der Waals surface area (Å²) in [5.41, 5.74) is 2.55. The van der Waals surface area contributed by atoms with E-state index in [9.17, 15) is 0 Å². The first kappa shape index (κ1) is 8.70. The number of piperidine rings is 1. The largest absolute Gasteiger partial charge is 0.310 e. The zero-order valence-corrected chi connectivity index (χ0v) is 8.09. The zero-order chi connectivity index (χ0) is 9.10. The van der Waals surface area contributed by atoms with E-state index in [1.807, 2.05) is 12.3 Å². The third-order valence-corrected chi connectivity index (χ3v) is 2.73. The zero-order valence-electron chi connectivity index (χ0n) is 8.09. The van der Waals surface area contributed by atoms with E-state index in [1.54, 1.807) is 0 Å². The fourth-order valence-corrected chi connectivity index (χ4v) is 1.98. The first-order valence-corrected chi connectivity index (χ1v) is 5.03. The normalized spacial score (nSPS) is 23.0. The van der Waals surface area contributed by atoms with Crippen LogP contribution in [0.3, 0.4) is 0 Å². The average molecular weight is 176 g/mol. The second kappa shape index (κ2) is 3.88. The summed E-state index contributed by atoms with van der Waals surface area (Å²) in [6.45, 7) is 3.24. The molecule has 1 atom stereocenters. The van der Waals surface area contributed by atoms with Crippen LogP contribution in [0.4, 0.5) is 0 Å². The Bertz CT molecular complexity index is 277. The monoisotopic (exact) mass is 176 g/mol. The van der Waals surface area contributed by atoms with Crippen molar-refractivity contribution in [3.05, 3.63) is 29.6 Å². The van der Waals surface area contributed by atoms with Crippen LogP contribution < -0.4 is 5.32 Å². The highest BCUT2D eigenvalue weighted by molar-refractivity contribution is 5.22. The van der Waals surface area contributed by atoms with Gasteiger partial charge in [0.2, 0.25) is 0 Å². The van der Waals surface area contributed by atoms with Crippen molar-refractivity contribution in [2.75, 3.05) is 6.54 Å². The minimum atomic E-state index is 0.544. The van der Waals surface area contributed by atoms with Gasteiger partial charge in [0.1, 0.15) is 0 Å². The van der Waals surface area contributed by atoms with Crippen LogP contribution >= 0.6 is 0 Å². The molecule has 1 N–H and O–H groups in total. The van der Waals surface area contributed by atoms with Crippen molar-refractivity contribution in [3.63, 3.8) is 0 Å². The molecule has 0 unspecified atom stereocenters. The number of pyridine rings is 1. The Balaban J connectivity index is 2.18. The molecule has 1 fully saturated rings. The fourth-order valence-electron chi connectivity index (χ4n) is 1.98. The summed E-state index contributed by atoms with van der Waals surface area (Å²) >= 11 is 0. The van der Waals surface area contributed by atoms with Crippen LogP contribution in [0.25, 0.3) is 0 Å². The van der Waals surface area contributed by atoms with Gasteiger partial charge in [-0.25, -0.2) is 0 Å². The van der Waals surface area contributed by atoms with Gasteiger partial charge < -0.3 is 5.32 Å². The summed E-state index contributed by atoms with van der Waals surface area (Å²) in [6, 6.07) is 4.76. The third kappa shape index (κ3) is 1.89. The summed E-state index contributed by atoms with van der Waals surface area (Å²) in [4.78, 5) is 4.31. The van der Waals surface area contributed by atoms with Crippen molar-refractivity contribution in [1.82, 2.24) is 10.3 Å². The van der Waals surface area contributed by atoms with E-state index < -0.39 is 0 Å². The first-order chi connectivity index (χ1) is 6.38. The van der Waals surface area contributed by atoms with E-state index in [0.29, 0.717) is 6.04 Å². The summed E-state index contributed by atoms with van der Waals surface area (Å²) < 4.78 is 0. The molecule has 13 heavy (non-hydrogen) atoms. The number of rotatable bonds is 1. The summed E-state index contributed by atoms with van der Waals surface area (Å²) in [6.07, 6.45) is 5.77. The van der Waals surface area contributed by atoms with Crippen LogP contribution in [-0.2, 0) is 0 Å². The Morgan fingerprint density at radius 3 is 3.08 bits per heavy atom. The molecule has 70 valence electrons. The molecule has 0 aromatic carbocycles. The smallest absolute Gasteiger partial charge is 0.0420 e. The minimum absolute atomic E-state index is 0.544. The highest BCUT2D eigenvalue weighted by Gasteiger charge is 2.15. The van der Waals surface area contributed by atoms with Crippen LogP contribution in [0.1, 0.15) is 36.6 Å². The maximum absolute atomic E-state index is 4.31. The van der Waals surface area contributed by atoms with Gasteiger partial charge in [-0.2, -0.15) is 0 Å². The molecule has 2 heterocycles. The molecule has 1 saturated heterocycles. The molecule has 2 nitrogen and oxygen atoms in total. The number of aryl methyl sites for hydroxylation is 1. The van der Waals surface area contributed by atoms with E-state index in [4.69, 9.17) is 0 Å². The van der Waals surface area contributed by atoms with Gasteiger partial charge in [0, 0.05) is 17.9 Å². The molecule has 0 aliphatic carbocycles. The molecule has 1 aliphatic rings. The fraction of sp³-hybridized carbons (Fsp3) is 0.545. The summed E-state index contributed by atoms with van der Waals surface area (Å²) in [7, 11) is 0.